The first-order valence-corrected chi connectivity index (χ1v) is 9.32. The summed E-state index contributed by atoms with van der Waals surface area (Å²) >= 11 is 0. The first-order valence-electron chi connectivity index (χ1n) is 7.77. The van der Waals surface area contributed by atoms with E-state index in [0.717, 1.165) is 5.56 Å². The van der Waals surface area contributed by atoms with Crippen molar-refractivity contribution in [1.82, 2.24) is 0 Å². The number of carbonyl (C=O) groups excluding carboxylic acids is 1. The third kappa shape index (κ3) is 2.09. The Kier molecular flexibility index (Phi) is 3.40. The smallest absolute Gasteiger partial charge is 0.243 e. The molecule has 2 aliphatic rings. The molecule has 0 heterocycles. The van der Waals surface area contributed by atoms with Crippen molar-refractivity contribution in [3.63, 3.8) is 0 Å². The van der Waals surface area contributed by atoms with Crippen LogP contribution in [0, 0.1) is 30.1 Å². The molecule has 0 spiro atoms. The first-order chi connectivity index (χ1) is 10.2. The number of aryl methyl sites for hydroxylation is 1. The van der Waals surface area contributed by atoms with Gasteiger partial charge in [0.15, 0.2) is 5.78 Å². The first kappa shape index (κ1) is 15.5. The van der Waals surface area contributed by atoms with Gasteiger partial charge in [0.25, 0.3) is 0 Å². The summed E-state index contributed by atoms with van der Waals surface area (Å²) in [5.74, 6) is -0.0622. The van der Waals surface area contributed by atoms with Crippen LogP contribution in [-0.4, -0.2) is 19.5 Å². The lowest BCUT2D eigenvalue weighted by atomic mass is 9.69. The summed E-state index contributed by atoms with van der Waals surface area (Å²) in [4.78, 5) is 12.6. The number of hydrogen-bond donors (Lipinski definition) is 1. The zero-order valence-corrected chi connectivity index (χ0v) is 14.3. The van der Waals surface area contributed by atoms with Gasteiger partial charge >= 0.3 is 0 Å². The molecule has 4 atom stereocenters. The summed E-state index contributed by atoms with van der Waals surface area (Å²) in [5, 5.41) is -0.914. The Labute approximate surface area is 132 Å². The Hall–Kier alpha value is -1.36. The molecule has 1 aromatic rings. The highest BCUT2D eigenvalue weighted by molar-refractivity contribution is 7.94. The van der Waals surface area contributed by atoms with E-state index < -0.39 is 15.3 Å². The van der Waals surface area contributed by atoms with Crippen LogP contribution in [0.25, 0.3) is 0 Å². The largest absolute Gasteiger partial charge is 0.298 e. The Balaban J connectivity index is 1.94. The molecule has 0 radical (unpaired) electrons. The van der Waals surface area contributed by atoms with Gasteiger partial charge in [0.2, 0.25) is 10.0 Å². The second-order valence-corrected chi connectivity index (χ2v) is 9.15. The van der Waals surface area contributed by atoms with Gasteiger partial charge in [-0.25, -0.2) is 8.42 Å². The average molecular weight is 321 g/mol. The minimum absolute atomic E-state index is 0.0958. The van der Waals surface area contributed by atoms with Crippen molar-refractivity contribution in [1.29, 1.82) is 0 Å². The van der Waals surface area contributed by atoms with Crippen LogP contribution in [0.1, 0.15) is 32.8 Å². The third-order valence-corrected chi connectivity index (χ3v) is 7.72. The number of ketones is 1. The van der Waals surface area contributed by atoms with E-state index in [-0.39, 0.29) is 29.0 Å². The van der Waals surface area contributed by atoms with E-state index in [2.05, 4.69) is 25.5 Å². The van der Waals surface area contributed by atoms with Crippen molar-refractivity contribution in [2.45, 2.75) is 39.4 Å². The zero-order valence-electron chi connectivity index (χ0n) is 13.5. The summed E-state index contributed by atoms with van der Waals surface area (Å²) in [7, 11) is -3.71. The van der Waals surface area contributed by atoms with Crippen LogP contribution in [0.4, 0.5) is 5.69 Å². The molecular weight excluding hydrogens is 298 g/mol. The van der Waals surface area contributed by atoms with E-state index in [4.69, 9.17) is 0 Å². The molecular formula is C17H23NO3S. The predicted octanol–water partition coefficient (Wildman–Crippen LogP) is 2.99. The van der Waals surface area contributed by atoms with Crippen molar-refractivity contribution in [2.75, 3.05) is 4.72 Å². The SMILES string of the molecule is Cc1ccccc1NS(=O)(=O)[C@H]1C(=O)[C@H]2C[C@H]1C(C)(C)[C@@H]2C. The van der Waals surface area contributed by atoms with Gasteiger partial charge in [-0.1, -0.05) is 39.0 Å². The molecule has 0 saturated heterocycles. The maximum Gasteiger partial charge on any atom is 0.243 e. The van der Waals surface area contributed by atoms with Crippen LogP contribution in [0.15, 0.2) is 24.3 Å². The Morgan fingerprint density at radius 1 is 1.23 bits per heavy atom. The molecule has 2 saturated carbocycles. The molecule has 120 valence electrons. The fourth-order valence-electron chi connectivity index (χ4n) is 4.20. The number of carbonyl (C=O) groups is 1. The molecule has 2 aliphatic carbocycles. The van der Waals surface area contributed by atoms with Crippen LogP contribution < -0.4 is 4.72 Å². The summed E-state index contributed by atoms with van der Waals surface area (Å²) in [5.41, 5.74) is 1.29. The standard InChI is InChI=1S/C17H23NO3S/c1-10-7-5-6-8-14(10)18-22(20,21)16-13-9-12(15(16)19)11(2)17(13,3)4/h5-8,11-13,16,18H,9H2,1-4H3/t11-,12+,13-,16-/m1/s1. The molecule has 4 nitrogen and oxygen atoms in total. The number of hydrogen-bond acceptors (Lipinski definition) is 3. The Morgan fingerprint density at radius 3 is 2.45 bits per heavy atom. The van der Waals surface area contributed by atoms with Crippen molar-refractivity contribution < 1.29 is 13.2 Å². The lowest BCUT2D eigenvalue weighted by Crippen LogP contribution is -2.48. The van der Waals surface area contributed by atoms with E-state index >= 15 is 0 Å². The summed E-state index contributed by atoms with van der Waals surface area (Å²) < 4.78 is 28.3. The normalized spacial score (nSPS) is 33.2. The second-order valence-electron chi connectivity index (χ2n) is 7.34. The topological polar surface area (TPSA) is 63.2 Å². The summed E-state index contributed by atoms with van der Waals surface area (Å²) in [6, 6.07) is 7.24. The minimum atomic E-state index is -3.71. The van der Waals surface area contributed by atoms with E-state index in [1.165, 1.54) is 0 Å². The van der Waals surface area contributed by atoms with Gasteiger partial charge in [-0.2, -0.15) is 0 Å². The van der Waals surface area contributed by atoms with Gasteiger partial charge in [0.1, 0.15) is 5.25 Å². The number of nitrogens with one attached hydrogen (secondary N) is 1. The highest BCUT2D eigenvalue weighted by atomic mass is 32.2. The monoisotopic (exact) mass is 321 g/mol. The molecule has 0 aromatic heterocycles. The predicted molar refractivity (Wildman–Crippen MR) is 87.1 cm³/mol. The molecule has 2 bridgehead atoms. The highest BCUT2D eigenvalue weighted by Gasteiger charge is 2.63. The number of rotatable bonds is 3. The number of Topliss-reactive ketones (excluding diaryl/α,β-unsaturated/α-hetero) is 1. The molecule has 0 amide bonds. The van der Waals surface area contributed by atoms with Crippen LogP contribution in [-0.2, 0) is 14.8 Å². The quantitative estimate of drug-likeness (QED) is 0.931. The molecule has 2 fully saturated rings. The number of benzene rings is 1. The minimum Gasteiger partial charge on any atom is -0.298 e. The van der Waals surface area contributed by atoms with Gasteiger partial charge in [0, 0.05) is 5.92 Å². The van der Waals surface area contributed by atoms with E-state index in [9.17, 15) is 13.2 Å². The van der Waals surface area contributed by atoms with Crippen molar-refractivity contribution >= 4 is 21.5 Å². The van der Waals surface area contributed by atoms with Crippen molar-refractivity contribution in [3.05, 3.63) is 29.8 Å². The van der Waals surface area contributed by atoms with Gasteiger partial charge < -0.3 is 0 Å². The fraction of sp³-hybridized carbons (Fsp3) is 0.588. The van der Waals surface area contributed by atoms with Crippen LogP contribution in [0.2, 0.25) is 0 Å². The van der Waals surface area contributed by atoms with Gasteiger partial charge in [0.05, 0.1) is 5.69 Å². The summed E-state index contributed by atoms with van der Waals surface area (Å²) in [6.07, 6.45) is 0.701. The average Bonchev–Trinajstić information content (AvgIpc) is 2.88. The van der Waals surface area contributed by atoms with E-state index in [1.54, 1.807) is 12.1 Å². The van der Waals surface area contributed by atoms with Gasteiger partial charge in [-0.15, -0.1) is 0 Å². The fourth-order valence-corrected chi connectivity index (χ4v) is 6.23. The molecule has 3 rings (SSSR count). The number of sulfonamides is 1. The maximum atomic E-state index is 12.8. The lowest BCUT2D eigenvalue weighted by Gasteiger charge is -2.39. The number of para-hydroxylation sites is 1. The number of fused-ring (bicyclic) bond motifs is 2. The number of anilines is 1. The lowest BCUT2D eigenvalue weighted by molar-refractivity contribution is -0.125. The second kappa shape index (κ2) is 4.82. The zero-order chi connectivity index (χ0) is 16.3. The van der Waals surface area contributed by atoms with Gasteiger partial charge in [-0.3, -0.25) is 9.52 Å². The molecule has 0 aliphatic heterocycles. The molecule has 1 aromatic carbocycles. The Bertz CT molecular complexity index is 723. The van der Waals surface area contributed by atoms with E-state index in [0.29, 0.717) is 12.1 Å². The third-order valence-electron chi connectivity index (χ3n) is 5.98. The van der Waals surface area contributed by atoms with Crippen LogP contribution in [0.5, 0.6) is 0 Å². The van der Waals surface area contributed by atoms with Gasteiger partial charge in [-0.05, 0) is 42.2 Å². The van der Waals surface area contributed by atoms with Crippen LogP contribution in [0.3, 0.4) is 0 Å². The summed E-state index contributed by atoms with van der Waals surface area (Å²) in [6.45, 7) is 8.10. The molecule has 5 heteroatoms. The van der Waals surface area contributed by atoms with Crippen molar-refractivity contribution in [2.24, 2.45) is 23.2 Å². The Morgan fingerprint density at radius 2 is 1.86 bits per heavy atom. The maximum absolute atomic E-state index is 12.8. The van der Waals surface area contributed by atoms with Crippen LogP contribution >= 0.6 is 0 Å². The molecule has 1 N–H and O–H groups in total. The van der Waals surface area contributed by atoms with Crippen molar-refractivity contribution in [3.8, 4) is 0 Å². The molecule has 0 unspecified atom stereocenters. The highest BCUT2D eigenvalue weighted by Crippen LogP contribution is 2.59. The molecule has 22 heavy (non-hydrogen) atoms. The van der Waals surface area contributed by atoms with E-state index in [1.807, 2.05) is 19.1 Å².